The van der Waals surface area contributed by atoms with Gasteiger partial charge in [-0.05, 0) is 12.0 Å². The van der Waals surface area contributed by atoms with Crippen molar-refractivity contribution in [3.63, 3.8) is 0 Å². The van der Waals surface area contributed by atoms with Crippen LogP contribution in [-0.2, 0) is 4.74 Å². The minimum atomic E-state index is 0.490. The Bertz CT molecular complexity index is 581. The fourth-order valence-electron chi connectivity index (χ4n) is 3.80. The van der Waals surface area contributed by atoms with E-state index in [-0.39, 0.29) is 0 Å². The van der Waals surface area contributed by atoms with E-state index in [1.54, 1.807) is 12.4 Å². The molecule has 8 heteroatoms. The van der Waals surface area contributed by atoms with Gasteiger partial charge in [-0.2, -0.15) is 0 Å². The minimum absolute atomic E-state index is 0.490. The smallest absolute Gasteiger partial charge is 0.225 e. The summed E-state index contributed by atoms with van der Waals surface area (Å²) in [5.74, 6) is 2.38. The second-order valence-corrected chi connectivity index (χ2v) is 7.41. The fraction of sp³-hybridized carbons (Fsp3) is 0.737. The first kappa shape index (κ1) is 19.8. The fourth-order valence-corrected chi connectivity index (χ4v) is 3.80. The molecule has 2 aliphatic heterocycles. The highest BCUT2D eigenvalue weighted by atomic mass is 16.5. The van der Waals surface area contributed by atoms with Gasteiger partial charge in [-0.1, -0.05) is 13.8 Å². The number of aliphatic imine (C=N–C) groups is 1. The molecular formula is C19H33N7O. The minimum Gasteiger partial charge on any atom is -0.379 e. The van der Waals surface area contributed by atoms with Gasteiger partial charge in [0.15, 0.2) is 5.96 Å². The number of aromatic nitrogens is 2. The van der Waals surface area contributed by atoms with Crippen LogP contribution in [0.15, 0.2) is 23.5 Å². The van der Waals surface area contributed by atoms with E-state index in [0.29, 0.717) is 12.0 Å². The lowest BCUT2D eigenvalue weighted by atomic mass is 10.0. The number of hydrogen-bond acceptors (Lipinski definition) is 6. The van der Waals surface area contributed by atoms with E-state index in [1.807, 2.05) is 13.1 Å². The Hall–Kier alpha value is -1.93. The van der Waals surface area contributed by atoms with Crippen LogP contribution in [0, 0.1) is 5.92 Å². The lowest BCUT2D eigenvalue weighted by Crippen LogP contribution is -2.56. The lowest BCUT2D eigenvalue weighted by Gasteiger charge is -2.39. The number of nitrogens with zero attached hydrogens (tertiary/aromatic N) is 6. The molecule has 0 bridgehead atoms. The molecule has 0 radical (unpaired) electrons. The Morgan fingerprint density at radius 2 is 1.78 bits per heavy atom. The van der Waals surface area contributed by atoms with E-state index < -0.39 is 0 Å². The summed E-state index contributed by atoms with van der Waals surface area (Å²) in [7, 11) is 1.87. The molecule has 2 aliphatic rings. The number of morpholine rings is 1. The Balaban J connectivity index is 1.51. The van der Waals surface area contributed by atoms with Crippen LogP contribution in [0.25, 0.3) is 0 Å². The number of nitrogens with one attached hydrogen (secondary N) is 1. The van der Waals surface area contributed by atoms with E-state index in [0.717, 1.165) is 70.9 Å². The Morgan fingerprint density at radius 1 is 1.11 bits per heavy atom. The van der Waals surface area contributed by atoms with Gasteiger partial charge in [-0.25, -0.2) is 9.97 Å². The zero-order valence-electron chi connectivity index (χ0n) is 16.8. The first-order chi connectivity index (χ1) is 13.2. The molecule has 8 nitrogen and oxygen atoms in total. The van der Waals surface area contributed by atoms with Gasteiger partial charge in [-0.3, -0.25) is 9.89 Å². The number of hydrogen-bond donors (Lipinski definition) is 1. The largest absolute Gasteiger partial charge is 0.379 e. The molecule has 1 atom stereocenters. The second-order valence-electron chi connectivity index (χ2n) is 7.41. The van der Waals surface area contributed by atoms with Crippen LogP contribution >= 0.6 is 0 Å². The SMILES string of the molecule is CN=C(NCC(C(C)C)N1CCOCC1)N1CCN(c2ncccn2)CC1. The lowest BCUT2D eigenvalue weighted by molar-refractivity contribution is 0.00739. The molecular weight excluding hydrogens is 342 g/mol. The summed E-state index contributed by atoms with van der Waals surface area (Å²) in [6, 6.07) is 2.34. The zero-order valence-corrected chi connectivity index (χ0v) is 16.8. The highest BCUT2D eigenvalue weighted by Gasteiger charge is 2.26. The van der Waals surface area contributed by atoms with Gasteiger partial charge in [0.2, 0.25) is 5.95 Å². The zero-order chi connectivity index (χ0) is 19.1. The van der Waals surface area contributed by atoms with Crippen LogP contribution in [0.5, 0.6) is 0 Å². The molecule has 150 valence electrons. The van der Waals surface area contributed by atoms with Crippen molar-refractivity contribution < 1.29 is 4.74 Å². The van der Waals surface area contributed by atoms with Crippen molar-refractivity contribution >= 4 is 11.9 Å². The van der Waals surface area contributed by atoms with Crippen molar-refractivity contribution in [1.82, 2.24) is 25.1 Å². The molecule has 2 saturated heterocycles. The first-order valence-electron chi connectivity index (χ1n) is 9.98. The molecule has 0 aromatic carbocycles. The molecule has 0 saturated carbocycles. The maximum atomic E-state index is 5.51. The van der Waals surface area contributed by atoms with Gasteiger partial charge in [-0.15, -0.1) is 0 Å². The monoisotopic (exact) mass is 375 g/mol. The molecule has 0 amide bonds. The number of ether oxygens (including phenoxy) is 1. The summed E-state index contributed by atoms with van der Waals surface area (Å²) in [5.41, 5.74) is 0. The maximum Gasteiger partial charge on any atom is 0.225 e. The molecule has 1 N–H and O–H groups in total. The number of rotatable bonds is 5. The van der Waals surface area contributed by atoms with Gasteiger partial charge in [0.1, 0.15) is 0 Å². The maximum absolute atomic E-state index is 5.51. The molecule has 1 aromatic rings. The molecule has 1 unspecified atom stereocenters. The van der Waals surface area contributed by atoms with E-state index in [2.05, 4.69) is 48.8 Å². The van der Waals surface area contributed by atoms with E-state index >= 15 is 0 Å². The normalized spacial score (nSPS) is 20.8. The van der Waals surface area contributed by atoms with Crippen molar-refractivity contribution in [3.05, 3.63) is 18.5 Å². The highest BCUT2D eigenvalue weighted by molar-refractivity contribution is 5.80. The Kier molecular flexibility index (Phi) is 7.23. The second kappa shape index (κ2) is 9.85. The standard InChI is InChI=1S/C19H33N7O/c1-16(2)17(24-11-13-27-14-12-24)15-23-18(20-3)25-7-9-26(10-8-25)19-21-5-4-6-22-19/h4-6,16-17H,7-15H2,1-3H3,(H,20,23). The number of piperazine rings is 1. The van der Waals surface area contributed by atoms with Gasteiger partial charge < -0.3 is 19.9 Å². The van der Waals surface area contributed by atoms with Crippen LogP contribution in [0.1, 0.15) is 13.8 Å². The first-order valence-corrected chi connectivity index (χ1v) is 9.98. The van der Waals surface area contributed by atoms with Gasteiger partial charge in [0.25, 0.3) is 0 Å². The molecule has 0 spiro atoms. The third-order valence-corrected chi connectivity index (χ3v) is 5.38. The van der Waals surface area contributed by atoms with Gasteiger partial charge in [0.05, 0.1) is 13.2 Å². The van der Waals surface area contributed by atoms with E-state index in [4.69, 9.17) is 4.74 Å². The quantitative estimate of drug-likeness (QED) is 0.595. The van der Waals surface area contributed by atoms with Crippen LogP contribution in [0.4, 0.5) is 5.95 Å². The Labute approximate surface area is 162 Å². The van der Waals surface area contributed by atoms with Crippen LogP contribution < -0.4 is 10.2 Å². The third kappa shape index (κ3) is 5.29. The summed E-state index contributed by atoms with van der Waals surface area (Å²) >= 11 is 0. The topological polar surface area (TPSA) is 69.1 Å². The average molecular weight is 376 g/mol. The predicted molar refractivity (Wildman–Crippen MR) is 108 cm³/mol. The third-order valence-electron chi connectivity index (χ3n) is 5.38. The summed E-state index contributed by atoms with van der Waals surface area (Å²) in [5, 5.41) is 3.62. The van der Waals surface area contributed by atoms with E-state index in [1.165, 1.54) is 0 Å². The molecule has 3 heterocycles. The molecule has 1 aromatic heterocycles. The van der Waals surface area contributed by atoms with Crippen molar-refractivity contribution in [2.45, 2.75) is 19.9 Å². The molecule has 2 fully saturated rings. The Morgan fingerprint density at radius 3 is 2.37 bits per heavy atom. The van der Waals surface area contributed by atoms with Gasteiger partial charge >= 0.3 is 0 Å². The molecule has 0 aliphatic carbocycles. The van der Waals surface area contributed by atoms with E-state index in [9.17, 15) is 0 Å². The highest BCUT2D eigenvalue weighted by Crippen LogP contribution is 2.13. The number of guanidine groups is 1. The number of anilines is 1. The van der Waals surface area contributed by atoms with Gasteiger partial charge in [0, 0.05) is 71.3 Å². The van der Waals surface area contributed by atoms with Crippen molar-refractivity contribution in [2.24, 2.45) is 10.9 Å². The summed E-state index contributed by atoms with van der Waals surface area (Å²) < 4.78 is 5.51. The molecule has 27 heavy (non-hydrogen) atoms. The average Bonchev–Trinajstić information content (AvgIpc) is 2.72. The van der Waals surface area contributed by atoms with Crippen molar-refractivity contribution in [2.75, 3.05) is 71.0 Å². The summed E-state index contributed by atoms with van der Waals surface area (Å²) in [4.78, 5) is 20.3. The van der Waals surface area contributed by atoms with Crippen molar-refractivity contribution in [3.8, 4) is 0 Å². The van der Waals surface area contributed by atoms with Crippen LogP contribution in [0.3, 0.4) is 0 Å². The van der Waals surface area contributed by atoms with Crippen LogP contribution in [-0.4, -0.2) is 97.8 Å². The molecule has 3 rings (SSSR count). The van der Waals surface area contributed by atoms with Crippen molar-refractivity contribution in [1.29, 1.82) is 0 Å². The summed E-state index contributed by atoms with van der Waals surface area (Å²) in [6.07, 6.45) is 3.60. The van der Waals surface area contributed by atoms with Crippen LogP contribution in [0.2, 0.25) is 0 Å². The predicted octanol–water partition coefficient (Wildman–Crippen LogP) is 0.531. The summed E-state index contributed by atoms with van der Waals surface area (Å²) in [6.45, 7) is 12.8.